The van der Waals surface area contributed by atoms with Crippen molar-refractivity contribution in [2.75, 3.05) is 5.01 Å². The number of hydrogen-bond acceptors (Lipinski definition) is 5. The second kappa shape index (κ2) is 9.08. The predicted octanol–water partition coefficient (Wildman–Crippen LogP) is 5.00. The van der Waals surface area contributed by atoms with E-state index in [-0.39, 0.29) is 10.7 Å². The number of carbonyl (C=O) groups is 1. The first-order chi connectivity index (χ1) is 16.6. The fourth-order valence-electron chi connectivity index (χ4n) is 4.24. The van der Waals surface area contributed by atoms with Gasteiger partial charge in [-0.25, -0.2) is 8.42 Å². The van der Waals surface area contributed by atoms with Crippen LogP contribution in [0.1, 0.15) is 15.9 Å². The van der Waals surface area contributed by atoms with Gasteiger partial charge < -0.3 is 0 Å². The number of ketones is 1. The Hall–Kier alpha value is -4.03. The van der Waals surface area contributed by atoms with Crippen molar-refractivity contribution in [2.45, 2.75) is 16.2 Å². The predicted molar refractivity (Wildman–Crippen MR) is 134 cm³/mol. The normalized spacial score (nSPS) is 17.9. The maximum atomic E-state index is 14.1. The molecular weight excluding hydrogens is 444 g/mol. The van der Waals surface area contributed by atoms with Crippen LogP contribution in [0, 0.1) is 0 Å². The molecule has 0 unspecified atom stereocenters. The first-order valence-corrected chi connectivity index (χ1v) is 12.5. The van der Waals surface area contributed by atoms with Gasteiger partial charge in [0, 0.05) is 5.56 Å². The largest absolute Gasteiger partial charge is 0.292 e. The van der Waals surface area contributed by atoms with Gasteiger partial charge >= 0.3 is 0 Å². The Morgan fingerprint density at radius 3 is 1.76 bits per heavy atom. The Kier molecular flexibility index (Phi) is 5.82. The molecule has 4 aromatic carbocycles. The van der Waals surface area contributed by atoms with Crippen LogP contribution in [0.15, 0.2) is 131 Å². The molecule has 0 radical (unpaired) electrons. The van der Waals surface area contributed by atoms with Crippen molar-refractivity contribution < 1.29 is 13.2 Å². The van der Waals surface area contributed by atoms with Crippen LogP contribution in [-0.2, 0) is 9.84 Å². The lowest BCUT2D eigenvalue weighted by molar-refractivity contribution is 0.0963. The van der Waals surface area contributed by atoms with E-state index in [1.54, 1.807) is 59.6 Å². The number of rotatable bonds is 6. The third-order valence-corrected chi connectivity index (χ3v) is 7.94. The van der Waals surface area contributed by atoms with Crippen LogP contribution in [-0.4, -0.2) is 31.2 Å². The quantitative estimate of drug-likeness (QED) is 0.375. The summed E-state index contributed by atoms with van der Waals surface area (Å²) < 4.78 is 28.2. The number of hydrogen-bond donors (Lipinski definition) is 0. The van der Waals surface area contributed by atoms with E-state index in [0.29, 0.717) is 22.5 Å². The van der Waals surface area contributed by atoms with Gasteiger partial charge in [-0.05, 0) is 29.8 Å². The van der Waals surface area contributed by atoms with E-state index < -0.39 is 21.1 Å². The van der Waals surface area contributed by atoms with Crippen LogP contribution in [0.25, 0.3) is 0 Å². The third-order valence-electron chi connectivity index (χ3n) is 5.86. The molecule has 0 aromatic heterocycles. The van der Waals surface area contributed by atoms with Gasteiger partial charge in [0.25, 0.3) is 0 Å². The van der Waals surface area contributed by atoms with E-state index in [1.807, 2.05) is 66.7 Å². The summed E-state index contributed by atoms with van der Waals surface area (Å²) in [7, 11) is -3.97. The number of hydrazone groups is 1. The molecule has 0 bridgehead atoms. The van der Waals surface area contributed by atoms with Gasteiger partial charge in [0.05, 0.1) is 16.3 Å². The molecule has 6 heteroatoms. The first-order valence-electron chi connectivity index (χ1n) is 10.9. The molecule has 5 nitrogen and oxygen atoms in total. The Bertz CT molecular complexity index is 1420. The summed E-state index contributed by atoms with van der Waals surface area (Å²) in [6.07, 6.45) is 0. The van der Waals surface area contributed by atoms with E-state index in [2.05, 4.69) is 0 Å². The van der Waals surface area contributed by atoms with Gasteiger partial charge in [-0.1, -0.05) is 97.1 Å². The second-order valence-corrected chi connectivity index (χ2v) is 10.1. The fourth-order valence-corrected chi connectivity index (χ4v) is 6.12. The van der Waals surface area contributed by atoms with Crippen molar-refractivity contribution in [3.05, 3.63) is 132 Å². The minimum Gasteiger partial charge on any atom is -0.292 e. The maximum Gasteiger partial charge on any atom is 0.189 e. The number of anilines is 1. The van der Waals surface area contributed by atoms with Crippen molar-refractivity contribution in [1.82, 2.24) is 0 Å². The van der Waals surface area contributed by atoms with Crippen LogP contribution in [0.4, 0.5) is 5.69 Å². The minimum absolute atomic E-state index is 0.157. The van der Waals surface area contributed by atoms with Crippen molar-refractivity contribution >= 4 is 27.0 Å². The van der Waals surface area contributed by atoms with Crippen LogP contribution in [0.5, 0.6) is 0 Å². The fraction of sp³-hybridized carbons (Fsp3) is 0.0714. The smallest absolute Gasteiger partial charge is 0.189 e. The van der Waals surface area contributed by atoms with Crippen molar-refractivity contribution in [2.24, 2.45) is 5.10 Å². The number of carbonyl (C=O) groups excluding carboxylic acids is 1. The topological polar surface area (TPSA) is 66.8 Å². The summed E-state index contributed by atoms with van der Waals surface area (Å²) in [5, 5.41) is 5.15. The molecule has 0 amide bonds. The second-order valence-electron chi connectivity index (χ2n) is 7.99. The number of para-hydroxylation sites is 1. The molecule has 0 saturated carbocycles. The van der Waals surface area contributed by atoms with Gasteiger partial charge in [-0.3, -0.25) is 9.80 Å². The zero-order valence-corrected chi connectivity index (χ0v) is 19.0. The molecule has 0 spiro atoms. The van der Waals surface area contributed by atoms with Crippen molar-refractivity contribution in [3.8, 4) is 0 Å². The highest BCUT2D eigenvalue weighted by Gasteiger charge is 2.50. The molecule has 1 aliphatic heterocycles. The lowest BCUT2D eigenvalue weighted by Crippen LogP contribution is -2.48. The molecule has 2 atom stereocenters. The Labute approximate surface area is 198 Å². The number of nitrogens with zero attached hydrogens (tertiary/aromatic N) is 2. The molecule has 34 heavy (non-hydrogen) atoms. The van der Waals surface area contributed by atoms with Gasteiger partial charge in [0.1, 0.15) is 11.3 Å². The lowest BCUT2D eigenvalue weighted by Gasteiger charge is -2.27. The highest BCUT2D eigenvalue weighted by Crippen LogP contribution is 2.35. The number of Topliss-reactive ketones (excluding diaryl/α,β-unsaturated/α-hetero) is 1. The summed E-state index contributed by atoms with van der Waals surface area (Å²) in [5.74, 6) is -0.302. The van der Waals surface area contributed by atoms with Gasteiger partial charge in [0.2, 0.25) is 0 Å². The minimum atomic E-state index is -3.97. The first kappa shape index (κ1) is 21.8. The van der Waals surface area contributed by atoms with Crippen molar-refractivity contribution in [3.63, 3.8) is 0 Å². The summed E-state index contributed by atoms with van der Waals surface area (Å²) >= 11 is 0. The standard InChI is InChI=1S/C28H22N2O3S/c31-27(22-15-7-2-8-16-22)26-28(34(32,33)24-19-11-4-12-20-24)25(21-13-5-1-6-14-21)29-30(26)23-17-9-3-10-18-23/h1-20,26,28H/t26-,28+/m1/s1. The van der Waals surface area contributed by atoms with E-state index in [9.17, 15) is 13.2 Å². The van der Waals surface area contributed by atoms with E-state index in [4.69, 9.17) is 5.10 Å². The molecule has 0 saturated heterocycles. The zero-order chi connectivity index (χ0) is 23.5. The molecule has 0 N–H and O–H groups in total. The van der Waals surface area contributed by atoms with Gasteiger partial charge in [-0.15, -0.1) is 0 Å². The Balaban J connectivity index is 1.74. The molecule has 1 aliphatic rings. The molecule has 1 heterocycles. The summed E-state index contributed by atoms with van der Waals surface area (Å²) in [6.45, 7) is 0. The summed E-state index contributed by atoms with van der Waals surface area (Å²) in [4.78, 5) is 14.1. The Morgan fingerprint density at radius 1 is 0.676 bits per heavy atom. The zero-order valence-electron chi connectivity index (χ0n) is 18.2. The third kappa shape index (κ3) is 3.93. The monoisotopic (exact) mass is 466 g/mol. The molecule has 5 rings (SSSR count). The van der Waals surface area contributed by atoms with Crippen LogP contribution < -0.4 is 5.01 Å². The average Bonchev–Trinajstić information content (AvgIpc) is 3.32. The molecule has 0 aliphatic carbocycles. The SMILES string of the molecule is O=C(c1ccccc1)[C@@H]1[C@@H](S(=O)(=O)c2ccccc2)C(c2ccccc2)=NN1c1ccccc1. The highest BCUT2D eigenvalue weighted by atomic mass is 32.2. The maximum absolute atomic E-state index is 14.1. The van der Waals surface area contributed by atoms with Crippen LogP contribution in [0.2, 0.25) is 0 Å². The van der Waals surface area contributed by atoms with Crippen molar-refractivity contribution in [1.29, 1.82) is 0 Å². The van der Waals surface area contributed by atoms with E-state index in [0.717, 1.165) is 0 Å². The van der Waals surface area contributed by atoms with E-state index in [1.165, 1.54) is 0 Å². The molecule has 4 aromatic rings. The summed E-state index contributed by atoms with van der Waals surface area (Å²) in [6, 6.07) is 34.4. The number of sulfone groups is 1. The van der Waals surface area contributed by atoms with Crippen LogP contribution in [0.3, 0.4) is 0 Å². The summed E-state index contributed by atoms with van der Waals surface area (Å²) in [5.41, 5.74) is 2.10. The van der Waals surface area contributed by atoms with Gasteiger partial charge in [-0.2, -0.15) is 5.10 Å². The molecule has 168 valence electrons. The lowest BCUT2D eigenvalue weighted by atomic mass is 9.96. The van der Waals surface area contributed by atoms with E-state index >= 15 is 0 Å². The van der Waals surface area contributed by atoms with Gasteiger partial charge in [0.15, 0.2) is 15.6 Å². The molecular formula is C28H22N2O3S. The Morgan fingerprint density at radius 2 is 1.18 bits per heavy atom. The molecule has 0 fully saturated rings. The number of benzene rings is 4. The average molecular weight is 467 g/mol. The highest BCUT2D eigenvalue weighted by molar-refractivity contribution is 7.93. The van der Waals surface area contributed by atoms with Crippen LogP contribution >= 0.6 is 0 Å².